The molecule has 1 saturated heterocycles. The number of carbonyl (C=O) groups excluding carboxylic acids is 2. The summed E-state index contributed by atoms with van der Waals surface area (Å²) in [6.45, 7) is 5.89. The molecule has 1 aliphatic heterocycles. The number of piperidine rings is 1. The molecule has 3 rings (SSSR count). The Labute approximate surface area is 181 Å². The van der Waals surface area contributed by atoms with Gasteiger partial charge in [0.15, 0.2) is 0 Å². The fraction of sp³-hybridized carbons (Fsp3) is 0.500. The molecular weight excluding hydrogens is 406 g/mol. The molecular formula is C22H28ClN3O4. The number of carbonyl (C=O) groups is 2. The highest BCUT2D eigenvalue weighted by molar-refractivity contribution is 6.29. The van der Waals surface area contributed by atoms with Crippen molar-refractivity contribution in [2.75, 3.05) is 13.1 Å². The summed E-state index contributed by atoms with van der Waals surface area (Å²) >= 11 is 5.75. The largest absolute Gasteiger partial charge is 0.444 e. The molecule has 0 radical (unpaired) electrons. The Bertz CT molecular complexity index is 832. The topological polar surface area (TPSA) is 91.8 Å². The van der Waals surface area contributed by atoms with Crippen LogP contribution < -0.4 is 5.32 Å². The Morgan fingerprint density at radius 1 is 1.30 bits per heavy atom. The minimum absolute atomic E-state index is 0.00235. The zero-order valence-electron chi connectivity index (χ0n) is 17.4. The average molecular weight is 434 g/mol. The zero-order chi connectivity index (χ0) is 21.9. The van der Waals surface area contributed by atoms with Crippen molar-refractivity contribution in [2.24, 2.45) is 11.8 Å². The molecule has 2 amide bonds. The summed E-state index contributed by atoms with van der Waals surface area (Å²) in [7, 11) is 0. The number of halogens is 1. The summed E-state index contributed by atoms with van der Waals surface area (Å²) in [5.41, 5.74) is -0.290. The maximum Gasteiger partial charge on any atom is 0.410 e. The van der Waals surface area contributed by atoms with Crippen LogP contribution in [0.5, 0.6) is 0 Å². The van der Waals surface area contributed by atoms with Gasteiger partial charge in [0.2, 0.25) is 0 Å². The highest BCUT2D eigenvalue weighted by Gasteiger charge is 2.41. The van der Waals surface area contributed by atoms with Crippen LogP contribution in [0.4, 0.5) is 4.79 Å². The fourth-order valence-corrected chi connectivity index (χ4v) is 3.87. The van der Waals surface area contributed by atoms with Crippen LogP contribution >= 0.6 is 11.6 Å². The predicted octanol–water partition coefficient (Wildman–Crippen LogP) is 3.19. The van der Waals surface area contributed by atoms with Crippen molar-refractivity contribution < 1.29 is 19.4 Å². The molecule has 1 aliphatic carbocycles. The van der Waals surface area contributed by atoms with Crippen LogP contribution in [0.3, 0.4) is 0 Å². The molecule has 7 nitrogen and oxygen atoms in total. The van der Waals surface area contributed by atoms with E-state index in [-0.39, 0.29) is 24.3 Å². The number of likely N-dealkylation sites (tertiary alicyclic amines) is 1. The first-order valence-electron chi connectivity index (χ1n) is 10.1. The van der Waals surface area contributed by atoms with E-state index >= 15 is 0 Å². The summed E-state index contributed by atoms with van der Waals surface area (Å²) in [6.07, 6.45) is 8.72. The van der Waals surface area contributed by atoms with E-state index in [1.54, 1.807) is 11.0 Å². The third-order valence-electron chi connectivity index (χ3n) is 5.23. The average Bonchev–Trinajstić information content (AvgIpc) is 2.70. The molecule has 1 fully saturated rings. The number of amides is 2. The van der Waals surface area contributed by atoms with Crippen LogP contribution in [0, 0.1) is 11.8 Å². The summed E-state index contributed by atoms with van der Waals surface area (Å²) in [5.74, 6) is 0.0430. The van der Waals surface area contributed by atoms with E-state index in [1.165, 1.54) is 12.3 Å². The number of rotatable bonds is 4. The third-order valence-corrected chi connectivity index (χ3v) is 5.46. The van der Waals surface area contributed by atoms with Crippen LogP contribution in [0.2, 0.25) is 5.15 Å². The second kappa shape index (κ2) is 9.18. The van der Waals surface area contributed by atoms with Gasteiger partial charge in [-0.2, -0.15) is 0 Å². The van der Waals surface area contributed by atoms with Crippen molar-refractivity contribution in [3.8, 4) is 0 Å². The number of hydrogen-bond acceptors (Lipinski definition) is 5. The van der Waals surface area contributed by atoms with Crippen molar-refractivity contribution >= 4 is 23.6 Å². The first kappa shape index (κ1) is 22.3. The number of pyridine rings is 1. The maximum absolute atomic E-state index is 12.8. The molecule has 30 heavy (non-hydrogen) atoms. The Morgan fingerprint density at radius 2 is 2.00 bits per heavy atom. The van der Waals surface area contributed by atoms with Crippen LogP contribution in [-0.4, -0.2) is 57.8 Å². The van der Waals surface area contributed by atoms with Gasteiger partial charge >= 0.3 is 6.09 Å². The predicted molar refractivity (Wildman–Crippen MR) is 114 cm³/mol. The number of fused-ring (bicyclic) bond motifs is 1. The van der Waals surface area contributed by atoms with E-state index in [1.807, 2.05) is 32.9 Å². The van der Waals surface area contributed by atoms with Gasteiger partial charge in [0, 0.05) is 25.2 Å². The van der Waals surface area contributed by atoms with Crippen molar-refractivity contribution in [3.63, 3.8) is 0 Å². The lowest BCUT2D eigenvalue weighted by molar-refractivity contribution is -0.0277. The monoisotopic (exact) mass is 433 g/mol. The highest BCUT2D eigenvalue weighted by Crippen LogP contribution is 2.34. The van der Waals surface area contributed by atoms with E-state index in [2.05, 4.69) is 22.5 Å². The lowest BCUT2D eigenvalue weighted by Gasteiger charge is -2.45. The molecule has 2 aliphatic rings. The normalized spacial score (nSPS) is 24.2. The Morgan fingerprint density at radius 3 is 2.63 bits per heavy atom. The summed E-state index contributed by atoms with van der Waals surface area (Å²) < 4.78 is 5.57. The van der Waals surface area contributed by atoms with Crippen molar-refractivity contribution in [2.45, 2.75) is 44.9 Å². The number of nitrogens with one attached hydrogen (secondary N) is 1. The van der Waals surface area contributed by atoms with Crippen LogP contribution in [-0.2, 0) is 4.74 Å². The molecule has 4 atom stereocenters. The summed E-state index contributed by atoms with van der Waals surface area (Å²) in [4.78, 5) is 30.7. The number of aliphatic hydroxyl groups excluding tert-OH is 1. The van der Waals surface area contributed by atoms with Gasteiger partial charge in [-0.1, -0.05) is 35.9 Å². The minimum Gasteiger partial charge on any atom is -0.444 e. The first-order chi connectivity index (χ1) is 14.1. The molecule has 162 valence electrons. The van der Waals surface area contributed by atoms with Gasteiger partial charge in [0.1, 0.15) is 10.8 Å². The molecule has 2 N–H and O–H groups in total. The van der Waals surface area contributed by atoms with Crippen molar-refractivity contribution in [1.82, 2.24) is 15.2 Å². The number of aromatic nitrogens is 1. The molecule has 1 aromatic rings. The summed E-state index contributed by atoms with van der Waals surface area (Å²) in [5, 5.41) is 13.9. The van der Waals surface area contributed by atoms with Crippen LogP contribution in [0.15, 0.2) is 42.6 Å². The van der Waals surface area contributed by atoms with E-state index in [9.17, 15) is 14.7 Å². The molecule has 1 aromatic heterocycles. The van der Waals surface area contributed by atoms with Gasteiger partial charge in [-0.15, -0.1) is 0 Å². The Kier molecular flexibility index (Phi) is 6.83. The molecule has 0 spiro atoms. The van der Waals surface area contributed by atoms with Gasteiger partial charge in [-0.3, -0.25) is 4.79 Å². The molecule has 2 heterocycles. The van der Waals surface area contributed by atoms with E-state index < -0.39 is 23.8 Å². The first-order valence-corrected chi connectivity index (χ1v) is 10.4. The molecule has 0 aromatic carbocycles. The number of allylic oxidation sites excluding steroid dienone is 3. The number of ether oxygens (including phenoxy) is 1. The van der Waals surface area contributed by atoms with Crippen molar-refractivity contribution in [3.05, 3.63) is 53.4 Å². The van der Waals surface area contributed by atoms with Crippen molar-refractivity contribution in [1.29, 1.82) is 0 Å². The van der Waals surface area contributed by atoms with Gasteiger partial charge < -0.3 is 20.1 Å². The highest BCUT2D eigenvalue weighted by atomic mass is 35.5. The maximum atomic E-state index is 12.8. The minimum atomic E-state index is -0.943. The van der Waals surface area contributed by atoms with E-state index in [4.69, 9.17) is 16.3 Å². The lowest BCUT2D eigenvalue weighted by atomic mass is 9.78. The smallest absolute Gasteiger partial charge is 0.410 e. The second-order valence-corrected chi connectivity index (χ2v) is 9.07. The molecule has 0 saturated carbocycles. The zero-order valence-corrected chi connectivity index (χ0v) is 18.2. The van der Waals surface area contributed by atoms with Crippen LogP contribution in [0.1, 0.15) is 37.6 Å². The Hall–Kier alpha value is -2.38. The quantitative estimate of drug-likeness (QED) is 0.711. The van der Waals surface area contributed by atoms with E-state index in [0.717, 1.165) is 0 Å². The van der Waals surface area contributed by atoms with E-state index in [0.29, 0.717) is 23.7 Å². The SMILES string of the molecule is CC(C)(C)OC(=O)N1CC2C=CC=CC2C[C@H]1[C@H](O)CNC(=O)c1ccc(Cl)nc1. The Balaban J connectivity index is 1.69. The standard InChI is InChI=1S/C22H28ClN3O4/c1-22(2,3)30-21(29)26-13-16-7-5-4-6-14(16)10-17(26)18(27)12-25-20(28)15-8-9-19(23)24-11-15/h4-9,11,14,16-18,27H,10,12-13H2,1-3H3,(H,25,28)/t14?,16?,17-,18+/m0/s1. The van der Waals surface area contributed by atoms with Gasteiger partial charge in [-0.05, 0) is 45.2 Å². The molecule has 2 unspecified atom stereocenters. The van der Waals surface area contributed by atoms with Crippen LogP contribution in [0.25, 0.3) is 0 Å². The fourth-order valence-electron chi connectivity index (χ4n) is 3.76. The lowest BCUT2D eigenvalue weighted by Crippen LogP contribution is -2.57. The second-order valence-electron chi connectivity index (χ2n) is 8.68. The molecule has 0 bridgehead atoms. The third kappa shape index (κ3) is 5.61. The number of nitrogens with zero attached hydrogens (tertiary/aromatic N) is 2. The van der Waals surface area contributed by atoms with Gasteiger partial charge in [-0.25, -0.2) is 9.78 Å². The summed E-state index contributed by atoms with van der Waals surface area (Å²) in [6, 6.07) is 2.62. The number of hydrogen-bond donors (Lipinski definition) is 2. The molecule has 8 heteroatoms. The number of aliphatic hydroxyl groups is 1. The van der Waals surface area contributed by atoms with Gasteiger partial charge in [0.05, 0.1) is 17.7 Å². The van der Waals surface area contributed by atoms with Gasteiger partial charge in [0.25, 0.3) is 5.91 Å².